The van der Waals surface area contributed by atoms with Gasteiger partial charge in [-0.2, -0.15) is 0 Å². The van der Waals surface area contributed by atoms with Crippen LogP contribution in [-0.2, 0) is 22.4 Å². The van der Waals surface area contributed by atoms with E-state index in [1.807, 2.05) is 6.92 Å². The zero-order chi connectivity index (χ0) is 23.9. The molecule has 32 heavy (non-hydrogen) atoms. The normalized spacial score (nSPS) is 13.7. The van der Waals surface area contributed by atoms with Gasteiger partial charge in [-0.15, -0.1) is 0 Å². The summed E-state index contributed by atoms with van der Waals surface area (Å²) in [5.74, 6) is -0.461. The summed E-state index contributed by atoms with van der Waals surface area (Å²) in [7, 11) is 3.10. The van der Waals surface area contributed by atoms with Gasteiger partial charge < -0.3 is 35.5 Å². The molecular formula is C23H30N2O7. The summed E-state index contributed by atoms with van der Waals surface area (Å²) in [6.07, 6.45) is 0.148. The Labute approximate surface area is 187 Å². The van der Waals surface area contributed by atoms with Gasteiger partial charge in [-0.05, 0) is 61.0 Å². The standard InChI is InChI=1S/C23H30N2O7/c1-5-25-18(12-14-10-16(30-3)7-9-20(14)31-4)21(27)32-17-6-8-19(26)15(11-17)13-23(2,24)22(28)29/h6-11,18,25-26H,5,12-13,24H2,1-4H3,(H,28,29)/t18-,23-/m0/s1. The molecule has 0 heterocycles. The number of aromatic hydroxyl groups is 1. The summed E-state index contributed by atoms with van der Waals surface area (Å²) in [6, 6.07) is 8.82. The van der Waals surface area contributed by atoms with Crippen LogP contribution in [0.15, 0.2) is 36.4 Å². The van der Waals surface area contributed by atoms with Crippen LogP contribution in [0, 0.1) is 0 Å². The van der Waals surface area contributed by atoms with E-state index in [2.05, 4.69) is 5.32 Å². The van der Waals surface area contributed by atoms with Gasteiger partial charge in [0.15, 0.2) is 0 Å². The van der Waals surface area contributed by atoms with Crippen molar-refractivity contribution in [2.24, 2.45) is 5.73 Å². The van der Waals surface area contributed by atoms with Crippen LogP contribution >= 0.6 is 0 Å². The molecule has 0 spiro atoms. The molecule has 5 N–H and O–H groups in total. The number of nitrogens with two attached hydrogens (primary N) is 1. The van der Waals surface area contributed by atoms with Crippen molar-refractivity contribution in [3.8, 4) is 23.0 Å². The number of aliphatic carboxylic acids is 1. The summed E-state index contributed by atoms with van der Waals surface area (Å²) >= 11 is 0. The molecule has 174 valence electrons. The number of nitrogens with one attached hydrogen (secondary N) is 1. The topological polar surface area (TPSA) is 140 Å². The minimum absolute atomic E-state index is 0.132. The van der Waals surface area contributed by atoms with E-state index < -0.39 is 23.5 Å². The first-order valence-corrected chi connectivity index (χ1v) is 10.1. The van der Waals surface area contributed by atoms with Gasteiger partial charge in [0.25, 0.3) is 0 Å². The smallest absolute Gasteiger partial charge is 0.328 e. The third-order valence-corrected chi connectivity index (χ3v) is 4.96. The maximum atomic E-state index is 12.9. The molecule has 0 saturated heterocycles. The predicted molar refractivity (Wildman–Crippen MR) is 118 cm³/mol. The molecule has 0 amide bonds. The van der Waals surface area contributed by atoms with Crippen molar-refractivity contribution >= 4 is 11.9 Å². The average Bonchev–Trinajstić information content (AvgIpc) is 2.75. The predicted octanol–water partition coefficient (Wildman–Crippen LogP) is 1.88. The zero-order valence-electron chi connectivity index (χ0n) is 18.7. The van der Waals surface area contributed by atoms with E-state index in [9.17, 15) is 19.8 Å². The molecule has 2 atom stereocenters. The lowest BCUT2D eigenvalue weighted by atomic mass is 9.93. The molecule has 2 aromatic rings. The third-order valence-electron chi connectivity index (χ3n) is 4.96. The highest BCUT2D eigenvalue weighted by Gasteiger charge is 2.30. The second-order valence-electron chi connectivity index (χ2n) is 7.60. The second-order valence-corrected chi connectivity index (χ2v) is 7.60. The van der Waals surface area contributed by atoms with E-state index in [1.165, 1.54) is 25.1 Å². The molecule has 0 fully saturated rings. The molecule has 0 aliphatic carbocycles. The minimum atomic E-state index is -1.59. The number of phenols is 1. The highest BCUT2D eigenvalue weighted by molar-refractivity contribution is 5.80. The SMILES string of the molecule is CCN[C@@H](Cc1cc(OC)ccc1OC)C(=O)Oc1ccc(O)c(C[C@](C)(N)C(=O)O)c1. The molecule has 2 rings (SSSR count). The highest BCUT2D eigenvalue weighted by atomic mass is 16.5. The third kappa shape index (κ3) is 6.35. The number of ether oxygens (including phenoxy) is 3. The van der Waals surface area contributed by atoms with Gasteiger partial charge in [0.05, 0.1) is 14.2 Å². The average molecular weight is 447 g/mol. The lowest BCUT2D eigenvalue weighted by Gasteiger charge is -2.21. The molecule has 0 bridgehead atoms. The number of rotatable bonds is 11. The van der Waals surface area contributed by atoms with Crippen LogP contribution in [0.4, 0.5) is 0 Å². The summed E-state index contributed by atoms with van der Waals surface area (Å²) in [5, 5.41) is 22.4. The fourth-order valence-corrected chi connectivity index (χ4v) is 3.17. The van der Waals surface area contributed by atoms with Gasteiger partial charge in [-0.25, -0.2) is 4.79 Å². The van der Waals surface area contributed by atoms with E-state index in [-0.39, 0.29) is 29.9 Å². The molecule has 9 nitrogen and oxygen atoms in total. The molecule has 9 heteroatoms. The molecule has 0 radical (unpaired) electrons. The number of hydrogen-bond acceptors (Lipinski definition) is 8. The first-order valence-electron chi connectivity index (χ1n) is 10.1. The number of hydrogen-bond donors (Lipinski definition) is 4. The number of benzene rings is 2. The maximum absolute atomic E-state index is 12.9. The van der Waals surface area contributed by atoms with Crippen LogP contribution in [0.2, 0.25) is 0 Å². The highest BCUT2D eigenvalue weighted by Crippen LogP contribution is 2.28. The number of esters is 1. The van der Waals surface area contributed by atoms with E-state index in [0.29, 0.717) is 18.0 Å². The number of methoxy groups -OCH3 is 2. The maximum Gasteiger partial charge on any atom is 0.328 e. The Morgan fingerprint density at radius 2 is 1.75 bits per heavy atom. The Bertz CT molecular complexity index is 959. The van der Waals surface area contributed by atoms with Gasteiger partial charge in [0.1, 0.15) is 34.6 Å². The Hall–Kier alpha value is -3.30. The minimum Gasteiger partial charge on any atom is -0.508 e. The van der Waals surface area contributed by atoms with Crippen molar-refractivity contribution in [2.75, 3.05) is 20.8 Å². The van der Waals surface area contributed by atoms with Crippen LogP contribution in [-0.4, -0.2) is 54.5 Å². The summed E-state index contributed by atoms with van der Waals surface area (Å²) < 4.78 is 16.2. The quantitative estimate of drug-likeness (QED) is 0.301. The zero-order valence-corrected chi connectivity index (χ0v) is 18.7. The summed E-state index contributed by atoms with van der Waals surface area (Å²) in [5.41, 5.74) is 5.22. The number of likely N-dealkylation sites (N-methyl/N-ethyl adjacent to an activating group) is 1. The van der Waals surface area contributed by atoms with Crippen LogP contribution in [0.5, 0.6) is 23.0 Å². The molecule has 0 aromatic heterocycles. The first-order chi connectivity index (χ1) is 15.1. The Morgan fingerprint density at radius 3 is 2.34 bits per heavy atom. The lowest BCUT2D eigenvalue weighted by Crippen LogP contribution is -2.46. The van der Waals surface area contributed by atoms with Crippen molar-refractivity contribution in [1.82, 2.24) is 5.32 Å². The largest absolute Gasteiger partial charge is 0.508 e. The van der Waals surface area contributed by atoms with Gasteiger partial charge in [0.2, 0.25) is 0 Å². The summed E-state index contributed by atoms with van der Waals surface area (Å²) in [4.78, 5) is 24.2. The van der Waals surface area contributed by atoms with Gasteiger partial charge in [-0.3, -0.25) is 4.79 Å². The number of carboxylic acid groups (broad SMARTS) is 1. The molecule has 2 aromatic carbocycles. The van der Waals surface area contributed by atoms with Crippen molar-refractivity contribution in [1.29, 1.82) is 0 Å². The molecular weight excluding hydrogens is 416 g/mol. The van der Waals surface area contributed by atoms with Crippen molar-refractivity contribution in [3.63, 3.8) is 0 Å². The van der Waals surface area contributed by atoms with Gasteiger partial charge >= 0.3 is 11.9 Å². The van der Waals surface area contributed by atoms with Crippen LogP contribution < -0.4 is 25.3 Å². The number of carbonyl (C=O) groups is 2. The van der Waals surface area contributed by atoms with Crippen molar-refractivity contribution in [3.05, 3.63) is 47.5 Å². The van der Waals surface area contributed by atoms with Crippen LogP contribution in [0.1, 0.15) is 25.0 Å². The molecule has 0 saturated carbocycles. The first kappa shape index (κ1) is 25.0. The van der Waals surface area contributed by atoms with Crippen molar-refractivity contribution in [2.45, 2.75) is 38.3 Å². The second kappa shape index (κ2) is 10.8. The van der Waals surface area contributed by atoms with E-state index in [4.69, 9.17) is 19.9 Å². The van der Waals surface area contributed by atoms with Crippen LogP contribution in [0.25, 0.3) is 0 Å². The van der Waals surface area contributed by atoms with E-state index in [1.54, 1.807) is 32.4 Å². The number of phenolic OH excluding ortho intramolecular Hbond substituents is 1. The lowest BCUT2D eigenvalue weighted by molar-refractivity contribution is -0.142. The fourth-order valence-electron chi connectivity index (χ4n) is 3.17. The van der Waals surface area contributed by atoms with E-state index >= 15 is 0 Å². The fraction of sp³-hybridized carbons (Fsp3) is 0.391. The Balaban J connectivity index is 2.23. The number of carboxylic acids is 1. The number of carbonyl (C=O) groups excluding carboxylic acids is 1. The molecule has 0 aliphatic heterocycles. The summed E-state index contributed by atoms with van der Waals surface area (Å²) in [6.45, 7) is 3.74. The Morgan fingerprint density at radius 1 is 1.09 bits per heavy atom. The monoisotopic (exact) mass is 446 g/mol. The van der Waals surface area contributed by atoms with Crippen molar-refractivity contribution < 1.29 is 34.0 Å². The van der Waals surface area contributed by atoms with Gasteiger partial charge in [0, 0.05) is 12.8 Å². The van der Waals surface area contributed by atoms with E-state index in [0.717, 1.165) is 5.56 Å². The molecule has 0 aliphatic rings. The van der Waals surface area contributed by atoms with Gasteiger partial charge in [-0.1, -0.05) is 6.92 Å². The Kier molecular flexibility index (Phi) is 8.45. The van der Waals surface area contributed by atoms with Crippen LogP contribution in [0.3, 0.4) is 0 Å². The molecule has 0 unspecified atom stereocenters.